The molecule has 1 aromatic rings. The molecule has 0 fully saturated rings. The van der Waals surface area contributed by atoms with E-state index in [4.69, 9.17) is 5.73 Å². The molecule has 98 valence electrons. The first-order valence-electron chi connectivity index (χ1n) is 4.70. The molecule has 0 heterocycles. The summed E-state index contributed by atoms with van der Waals surface area (Å²) < 4.78 is 36.1. The highest BCUT2D eigenvalue weighted by Crippen LogP contribution is 2.36. The number of nitrogens with one attached hydrogen (secondary N) is 1. The number of thioether (sulfide) groups is 1. The summed E-state index contributed by atoms with van der Waals surface area (Å²) in [5, 5.41) is 2.22. The molecule has 0 bridgehead atoms. The van der Waals surface area contributed by atoms with Gasteiger partial charge in [0.25, 0.3) is 5.91 Å². The Morgan fingerprint density at radius 1 is 1.22 bits per heavy atom. The number of amides is 2. The van der Waals surface area contributed by atoms with Gasteiger partial charge in [-0.15, -0.1) is 0 Å². The van der Waals surface area contributed by atoms with Crippen LogP contribution in [0.5, 0.6) is 0 Å². The predicted octanol–water partition coefficient (Wildman–Crippen LogP) is 1.51. The molecule has 0 radical (unpaired) electrons. The van der Waals surface area contributed by atoms with E-state index in [0.29, 0.717) is 0 Å². The second-order valence-corrected chi connectivity index (χ2v) is 4.36. The van der Waals surface area contributed by atoms with Crippen LogP contribution in [0.25, 0.3) is 0 Å². The predicted molar refractivity (Wildman–Crippen MR) is 59.9 cm³/mol. The number of nitrogens with two attached hydrogens (primary N) is 1. The van der Waals surface area contributed by atoms with Gasteiger partial charge in [-0.1, -0.05) is 0 Å². The minimum absolute atomic E-state index is 0.0195. The van der Waals surface area contributed by atoms with E-state index < -0.39 is 17.3 Å². The number of hydrogen-bond acceptors (Lipinski definition) is 3. The summed E-state index contributed by atoms with van der Waals surface area (Å²) in [6.07, 6.45) is 0. The number of primary amides is 1. The van der Waals surface area contributed by atoms with Crippen molar-refractivity contribution in [3.63, 3.8) is 0 Å². The first-order valence-corrected chi connectivity index (χ1v) is 5.52. The van der Waals surface area contributed by atoms with Gasteiger partial charge in [-0.3, -0.25) is 9.59 Å². The molecule has 18 heavy (non-hydrogen) atoms. The van der Waals surface area contributed by atoms with Crippen LogP contribution in [0, 0.1) is 0 Å². The smallest absolute Gasteiger partial charge is 0.368 e. The second kappa shape index (κ2) is 5.76. The summed E-state index contributed by atoms with van der Waals surface area (Å²) >= 11 is -0.266. The van der Waals surface area contributed by atoms with Crippen LogP contribution >= 0.6 is 11.8 Å². The minimum Gasteiger partial charge on any atom is -0.368 e. The van der Waals surface area contributed by atoms with Crippen LogP contribution in [-0.2, 0) is 4.79 Å². The van der Waals surface area contributed by atoms with Gasteiger partial charge in [-0.05, 0) is 36.0 Å². The number of benzene rings is 1. The molecule has 0 atom stereocenters. The van der Waals surface area contributed by atoms with Gasteiger partial charge in [-0.2, -0.15) is 13.2 Å². The lowest BCUT2D eigenvalue weighted by Crippen LogP contribution is -2.33. The Hall–Kier alpha value is -1.70. The normalized spacial score (nSPS) is 11.1. The van der Waals surface area contributed by atoms with Crippen molar-refractivity contribution in [3.8, 4) is 0 Å². The van der Waals surface area contributed by atoms with Gasteiger partial charge < -0.3 is 11.1 Å². The fourth-order valence-electron chi connectivity index (χ4n) is 1.08. The SMILES string of the molecule is NC(=O)CNC(=O)c1ccc(SC(F)(F)F)cc1. The van der Waals surface area contributed by atoms with Crippen molar-refractivity contribution in [3.05, 3.63) is 29.8 Å². The highest BCUT2D eigenvalue weighted by atomic mass is 32.2. The van der Waals surface area contributed by atoms with Gasteiger partial charge in [0, 0.05) is 10.5 Å². The summed E-state index contributed by atoms with van der Waals surface area (Å²) in [7, 11) is 0. The minimum atomic E-state index is -4.37. The third kappa shape index (κ3) is 5.09. The summed E-state index contributed by atoms with van der Waals surface area (Å²) in [5.74, 6) is -1.27. The standard InChI is InChI=1S/C10H9F3N2O2S/c11-10(12,13)18-7-3-1-6(2-4-7)9(17)15-5-8(14)16/h1-4H,5H2,(H2,14,16)(H,15,17). The van der Waals surface area contributed by atoms with E-state index in [1.54, 1.807) is 0 Å². The third-order valence-electron chi connectivity index (χ3n) is 1.77. The third-order valence-corrected chi connectivity index (χ3v) is 2.51. The lowest BCUT2D eigenvalue weighted by molar-refractivity contribution is -0.117. The van der Waals surface area contributed by atoms with Crippen molar-refractivity contribution in [2.75, 3.05) is 6.54 Å². The molecule has 0 unspecified atom stereocenters. The van der Waals surface area contributed by atoms with Crippen molar-refractivity contribution in [1.29, 1.82) is 0 Å². The quantitative estimate of drug-likeness (QED) is 0.820. The van der Waals surface area contributed by atoms with Gasteiger partial charge in [0.05, 0.1) is 6.54 Å². The molecule has 3 N–H and O–H groups in total. The summed E-state index contributed by atoms with van der Waals surface area (Å²) in [6, 6.07) is 4.84. The molecule has 8 heteroatoms. The van der Waals surface area contributed by atoms with Crippen LogP contribution in [0.15, 0.2) is 29.2 Å². The molecule has 1 aromatic carbocycles. The van der Waals surface area contributed by atoms with Crippen LogP contribution in [-0.4, -0.2) is 23.9 Å². The number of hydrogen-bond donors (Lipinski definition) is 2. The molecule has 4 nitrogen and oxygen atoms in total. The topological polar surface area (TPSA) is 72.2 Å². The molecular weight excluding hydrogens is 269 g/mol. The first kappa shape index (κ1) is 14.4. The van der Waals surface area contributed by atoms with E-state index in [9.17, 15) is 22.8 Å². The van der Waals surface area contributed by atoms with Crippen LogP contribution < -0.4 is 11.1 Å². The largest absolute Gasteiger partial charge is 0.446 e. The van der Waals surface area contributed by atoms with E-state index >= 15 is 0 Å². The Labute approximate surface area is 105 Å². The molecule has 0 aliphatic heterocycles. The zero-order valence-corrected chi connectivity index (χ0v) is 9.77. The maximum absolute atomic E-state index is 12.0. The van der Waals surface area contributed by atoms with Crippen LogP contribution in [0.4, 0.5) is 13.2 Å². The zero-order chi connectivity index (χ0) is 13.8. The van der Waals surface area contributed by atoms with Gasteiger partial charge >= 0.3 is 5.51 Å². The van der Waals surface area contributed by atoms with Crippen molar-refractivity contribution in [2.45, 2.75) is 10.4 Å². The van der Waals surface area contributed by atoms with Gasteiger partial charge in [0.15, 0.2) is 0 Å². The molecule has 0 aromatic heterocycles. The lowest BCUT2D eigenvalue weighted by Gasteiger charge is -2.06. The maximum Gasteiger partial charge on any atom is 0.446 e. The molecular formula is C10H9F3N2O2S. The maximum atomic E-state index is 12.0. The number of carbonyl (C=O) groups excluding carboxylic acids is 2. The van der Waals surface area contributed by atoms with Gasteiger partial charge in [-0.25, -0.2) is 0 Å². The van der Waals surface area contributed by atoms with Crippen molar-refractivity contribution < 1.29 is 22.8 Å². The molecule has 0 aliphatic carbocycles. The Kier molecular flexibility index (Phi) is 4.60. The first-order chi connectivity index (χ1) is 8.28. The average molecular weight is 278 g/mol. The number of alkyl halides is 3. The van der Waals surface area contributed by atoms with Crippen LogP contribution in [0.2, 0.25) is 0 Å². The van der Waals surface area contributed by atoms with E-state index in [1.165, 1.54) is 24.3 Å². The van der Waals surface area contributed by atoms with E-state index in [2.05, 4.69) is 5.32 Å². The van der Waals surface area contributed by atoms with E-state index in [1.807, 2.05) is 0 Å². The Bertz CT molecular complexity index is 445. The molecule has 0 saturated carbocycles. The fraction of sp³-hybridized carbons (Fsp3) is 0.200. The van der Waals surface area contributed by atoms with Crippen molar-refractivity contribution in [2.24, 2.45) is 5.73 Å². The monoisotopic (exact) mass is 278 g/mol. The van der Waals surface area contributed by atoms with Crippen molar-refractivity contribution >= 4 is 23.6 Å². The molecule has 0 aliphatic rings. The molecule has 0 saturated heterocycles. The molecule has 2 amide bonds. The average Bonchev–Trinajstić information content (AvgIpc) is 2.24. The van der Waals surface area contributed by atoms with Gasteiger partial charge in [0.1, 0.15) is 0 Å². The highest BCUT2D eigenvalue weighted by molar-refractivity contribution is 8.00. The van der Waals surface area contributed by atoms with Gasteiger partial charge in [0.2, 0.25) is 5.91 Å². The number of rotatable bonds is 4. The molecule has 1 rings (SSSR count). The summed E-state index contributed by atoms with van der Waals surface area (Å²) in [6.45, 7) is -0.322. The zero-order valence-electron chi connectivity index (χ0n) is 8.95. The van der Waals surface area contributed by atoms with Crippen LogP contribution in [0.3, 0.4) is 0 Å². The summed E-state index contributed by atoms with van der Waals surface area (Å²) in [5.41, 5.74) is 0.620. The van der Waals surface area contributed by atoms with E-state index in [-0.39, 0.29) is 28.8 Å². The number of carbonyl (C=O) groups is 2. The molecule has 0 spiro atoms. The lowest BCUT2D eigenvalue weighted by atomic mass is 10.2. The number of halogens is 3. The van der Waals surface area contributed by atoms with Crippen molar-refractivity contribution in [1.82, 2.24) is 5.32 Å². The highest BCUT2D eigenvalue weighted by Gasteiger charge is 2.29. The fourth-order valence-corrected chi connectivity index (χ4v) is 1.62. The van der Waals surface area contributed by atoms with Crippen LogP contribution in [0.1, 0.15) is 10.4 Å². The van der Waals surface area contributed by atoms with E-state index in [0.717, 1.165) is 0 Å². The Morgan fingerprint density at radius 2 is 1.78 bits per heavy atom. The summed E-state index contributed by atoms with van der Waals surface area (Å²) in [4.78, 5) is 21.8. The second-order valence-electron chi connectivity index (χ2n) is 3.22. The Balaban J connectivity index is 2.65. The Morgan fingerprint density at radius 3 is 2.22 bits per heavy atom.